The van der Waals surface area contributed by atoms with Gasteiger partial charge in [-0.15, -0.1) is 11.3 Å². The van der Waals surface area contributed by atoms with E-state index in [0.717, 1.165) is 17.7 Å². The van der Waals surface area contributed by atoms with Crippen LogP contribution in [0.2, 0.25) is 0 Å². The standard InChI is InChI=1S/C13H21NO2S/c1-4-6-14(7-8-15)13(16)12-9-11(5-2)10(3)17-12/h9,15H,4-8H2,1-3H3. The summed E-state index contributed by atoms with van der Waals surface area (Å²) in [5, 5.41) is 8.97. The Morgan fingerprint density at radius 1 is 1.41 bits per heavy atom. The first-order valence-corrected chi connectivity index (χ1v) is 6.95. The number of carbonyl (C=O) groups is 1. The zero-order valence-electron chi connectivity index (χ0n) is 10.8. The Morgan fingerprint density at radius 2 is 2.12 bits per heavy atom. The highest BCUT2D eigenvalue weighted by Gasteiger charge is 2.17. The van der Waals surface area contributed by atoms with Gasteiger partial charge in [-0.05, 0) is 31.4 Å². The molecule has 0 aromatic carbocycles. The molecule has 0 aliphatic heterocycles. The average Bonchev–Trinajstić information content (AvgIpc) is 2.69. The molecule has 1 amide bonds. The molecule has 1 N–H and O–H groups in total. The van der Waals surface area contributed by atoms with Gasteiger partial charge >= 0.3 is 0 Å². The molecule has 0 unspecified atom stereocenters. The van der Waals surface area contributed by atoms with Gasteiger partial charge in [-0.1, -0.05) is 13.8 Å². The monoisotopic (exact) mass is 255 g/mol. The smallest absolute Gasteiger partial charge is 0.264 e. The Labute approximate surface area is 107 Å². The van der Waals surface area contributed by atoms with E-state index in [-0.39, 0.29) is 12.5 Å². The summed E-state index contributed by atoms with van der Waals surface area (Å²) in [6.45, 7) is 7.34. The second-order valence-corrected chi connectivity index (χ2v) is 5.32. The SMILES string of the molecule is CCCN(CCO)C(=O)c1cc(CC)c(C)s1. The van der Waals surface area contributed by atoms with Crippen LogP contribution in [0.5, 0.6) is 0 Å². The largest absolute Gasteiger partial charge is 0.395 e. The van der Waals surface area contributed by atoms with Crippen molar-refractivity contribution in [3.05, 3.63) is 21.4 Å². The van der Waals surface area contributed by atoms with Crippen molar-refractivity contribution in [2.75, 3.05) is 19.7 Å². The van der Waals surface area contributed by atoms with E-state index in [2.05, 4.69) is 13.8 Å². The highest BCUT2D eigenvalue weighted by molar-refractivity contribution is 7.14. The number of aliphatic hydroxyl groups excluding tert-OH is 1. The number of hydrogen-bond acceptors (Lipinski definition) is 3. The third-order valence-corrected chi connectivity index (χ3v) is 3.84. The van der Waals surface area contributed by atoms with Crippen LogP contribution >= 0.6 is 11.3 Å². The minimum absolute atomic E-state index is 0.0245. The van der Waals surface area contributed by atoms with Gasteiger partial charge in [0.1, 0.15) is 0 Å². The van der Waals surface area contributed by atoms with Gasteiger partial charge in [-0.25, -0.2) is 0 Å². The molecule has 0 atom stereocenters. The molecule has 0 aliphatic rings. The van der Waals surface area contributed by atoms with Crippen molar-refractivity contribution in [1.29, 1.82) is 0 Å². The predicted octanol–water partition coefficient (Wildman–Crippen LogP) is 2.46. The number of carbonyl (C=O) groups excluding carboxylic acids is 1. The van der Waals surface area contributed by atoms with Gasteiger partial charge in [0.15, 0.2) is 0 Å². The molecule has 1 aromatic heterocycles. The number of nitrogens with zero attached hydrogens (tertiary/aromatic N) is 1. The van der Waals surface area contributed by atoms with E-state index >= 15 is 0 Å². The van der Waals surface area contributed by atoms with Crippen molar-refractivity contribution in [2.24, 2.45) is 0 Å². The molecule has 96 valence electrons. The first-order valence-electron chi connectivity index (χ1n) is 6.13. The van der Waals surface area contributed by atoms with Crippen molar-refractivity contribution < 1.29 is 9.90 Å². The molecule has 0 spiro atoms. The number of aryl methyl sites for hydroxylation is 2. The van der Waals surface area contributed by atoms with Crippen molar-refractivity contribution >= 4 is 17.2 Å². The highest BCUT2D eigenvalue weighted by atomic mass is 32.1. The van der Waals surface area contributed by atoms with E-state index in [4.69, 9.17) is 5.11 Å². The second-order valence-electron chi connectivity index (χ2n) is 4.06. The van der Waals surface area contributed by atoms with Crippen LogP contribution in [0.3, 0.4) is 0 Å². The molecule has 0 bridgehead atoms. The summed E-state index contributed by atoms with van der Waals surface area (Å²) in [7, 11) is 0. The summed E-state index contributed by atoms with van der Waals surface area (Å²) in [6.07, 6.45) is 1.88. The van der Waals surface area contributed by atoms with Gasteiger partial charge in [-0.3, -0.25) is 4.79 Å². The van der Waals surface area contributed by atoms with E-state index in [1.54, 1.807) is 16.2 Å². The summed E-state index contributed by atoms with van der Waals surface area (Å²) in [6, 6.07) is 1.99. The maximum atomic E-state index is 12.2. The third-order valence-electron chi connectivity index (χ3n) is 2.76. The Balaban J connectivity index is 2.84. The Bertz CT molecular complexity index is 367. The lowest BCUT2D eigenvalue weighted by atomic mass is 10.2. The molecule has 0 aliphatic carbocycles. The van der Waals surface area contributed by atoms with Crippen LogP contribution in [0.25, 0.3) is 0 Å². The molecule has 1 rings (SSSR count). The second kappa shape index (κ2) is 6.77. The summed E-state index contributed by atoms with van der Waals surface area (Å²) in [4.78, 5) is 16.0. The Kier molecular flexibility index (Phi) is 5.65. The number of thiophene rings is 1. The van der Waals surface area contributed by atoms with E-state index in [9.17, 15) is 4.79 Å². The predicted molar refractivity (Wildman–Crippen MR) is 71.7 cm³/mol. The van der Waals surface area contributed by atoms with Gasteiger partial charge < -0.3 is 10.0 Å². The normalized spacial score (nSPS) is 10.6. The highest BCUT2D eigenvalue weighted by Crippen LogP contribution is 2.23. The van der Waals surface area contributed by atoms with E-state index < -0.39 is 0 Å². The fourth-order valence-electron chi connectivity index (χ4n) is 1.84. The van der Waals surface area contributed by atoms with Gasteiger partial charge in [0.05, 0.1) is 11.5 Å². The quantitative estimate of drug-likeness (QED) is 0.848. The minimum atomic E-state index is 0.0245. The maximum Gasteiger partial charge on any atom is 0.264 e. The van der Waals surface area contributed by atoms with Gasteiger partial charge in [-0.2, -0.15) is 0 Å². The molecule has 0 fully saturated rings. The molecule has 0 saturated heterocycles. The lowest BCUT2D eigenvalue weighted by Crippen LogP contribution is -2.33. The lowest BCUT2D eigenvalue weighted by molar-refractivity contribution is 0.0727. The Morgan fingerprint density at radius 3 is 2.59 bits per heavy atom. The molecular formula is C13H21NO2S. The lowest BCUT2D eigenvalue weighted by Gasteiger charge is -2.20. The first kappa shape index (κ1) is 14.2. The number of aliphatic hydroxyl groups is 1. The average molecular weight is 255 g/mol. The topological polar surface area (TPSA) is 40.5 Å². The van der Waals surface area contributed by atoms with Crippen LogP contribution in [0.1, 0.15) is 40.4 Å². The number of amides is 1. The fraction of sp³-hybridized carbons (Fsp3) is 0.615. The molecule has 4 heteroatoms. The van der Waals surface area contributed by atoms with Crippen LogP contribution in [0.15, 0.2) is 6.07 Å². The van der Waals surface area contributed by atoms with Crippen molar-refractivity contribution in [1.82, 2.24) is 4.90 Å². The van der Waals surface area contributed by atoms with Gasteiger partial charge in [0, 0.05) is 18.0 Å². The van der Waals surface area contributed by atoms with Crippen LogP contribution in [-0.2, 0) is 6.42 Å². The first-order chi connectivity index (χ1) is 8.13. The van der Waals surface area contributed by atoms with E-state index in [0.29, 0.717) is 13.1 Å². The zero-order valence-corrected chi connectivity index (χ0v) is 11.6. The van der Waals surface area contributed by atoms with Crippen LogP contribution < -0.4 is 0 Å². The fourth-order valence-corrected chi connectivity index (χ4v) is 2.92. The van der Waals surface area contributed by atoms with E-state index in [1.165, 1.54) is 10.4 Å². The molecule has 0 saturated carbocycles. The van der Waals surface area contributed by atoms with Crippen molar-refractivity contribution in [2.45, 2.75) is 33.6 Å². The maximum absolute atomic E-state index is 12.2. The van der Waals surface area contributed by atoms with Crippen LogP contribution in [0, 0.1) is 6.92 Å². The van der Waals surface area contributed by atoms with Gasteiger partial charge in [0.25, 0.3) is 5.91 Å². The van der Waals surface area contributed by atoms with E-state index in [1.807, 2.05) is 13.0 Å². The molecule has 3 nitrogen and oxygen atoms in total. The van der Waals surface area contributed by atoms with Gasteiger partial charge in [0.2, 0.25) is 0 Å². The number of hydrogen-bond donors (Lipinski definition) is 1. The number of rotatable bonds is 6. The molecule has 17 heavy (non-hydrogen) atoms. The molecule has 0 radical (unpaired) electrons. The summed E-state index contributed by atoms with van der Waals surface area (Å²) < 4.78 is 0. The third kappa shape index (κ3) is 3.54. The van der Waals surface area contributed by atoms with Crippen molar-refractivity contribution in [3.8, 4) is 0 Å². The minimum Gasteiger partial charge on any atom is -0.395 e. The molecular weight excluding hydrogens is 234 g/mol. The van der Waals surface area contributed by atoms with Crippen molar-refractivity contribution in [3.63, 3.8) is 0 Å². The zero-order chi connectivity index (χ0) is 12.8. The molecule has 1 heterocycles. The Hall–Kier alpha value is -0.870. The van der Waals surface area contributed by atoms with Crippen LogP contribution in [0.4, 0.5) is 0 Å². The summed E-state index contributed by atoms with van der Waals surface area (Å²) in [5.41, 5.74) is 1.25. The molecule has 1 aromatic rings. The van der Waals surface area contributed by atoms with Crippen LogP contribution in [-0.4, -0.2) is 35.6 Å². The summed E-state index contributed by atoms with van der Waals surface area (Å²) in [5.74, 6) is 0.0497. The summed E-state index contributed by atoms with van der Waals surface area (Å²) >= 11 is 1.55.